The fourth-order valence-corrected chi connectivity index (χ4v) is 9.05. The lowest BCUT2D eigenvalue weighted by Gasteiger charge is -2.22. The molecule has 9 aromatic carbocycles. The van der Waals surface area contributed by atoms with Gasteiger partial charge in [0.1, 0.15) is 11.5 Å². The average molecular weight is 701 g/mol. The first-order valence-corrected chi connectivity index (χ1v) is 18.8. The van der Waals surface area contributed by atoms with Crippen molar-refractivity contribution in [2.75, 3.05) is 0 Å². The first-order chi connectivity index (χ1) is 27.3. The van der Waals surface area contributed by atoms with Crippen molar-refractivity contribution in [2.45, 2.75) is 0 Å². The molecule has 11 aromatic rings. The van der Waals surface area contributed by atoms with E-state index in [1.807, 2.05) is 6.07 Å². The van der Waals surface area contributed by atoms with Gasteiger partial charge in [0.15, 0.2) is 0 Å². The number of ether oxygens (including phenoxy) is 1. The van der Waals surface area contributed by atoms with E-state index < -0.39 is 0 Å². The highest BCUT2D eigenvalue weighted by atomic mass is 16.5. The minimum atomic E-state index is 0.895. The van der Waals surface area contributed by atoms with E-state index in [1.54, 1.807) is 0 Å². The number of benzene rings is 9. The summed E-state index contributed by atoms with van der Waals surface area (Å²) in [4.78, 5) is 0. The lowest BCUT2D eigenvalue weighted by Crippen LogP contribution is -1.98. The van der Waals surface area contributed by atoms with Gasteiger partial charge in [0, 0.05) is 43.9 Å². The summed E-state index contributed by atoms with van der Waals surface area (Å²) in [6.07, 6.45) is 0. The van der Waals surface area contributed by atoms with Crippen LogP contribution in [0.3, 0.4) is 0 Å². The van der Waals surface area contributed by atoms with Crippen LogP contribution in [-0.2, 0) is 0 Å². The quantitative estimate of drug-likeness (QED) is 0.179. The van der Waals surface area contributed by atoms with Gasteiger partial charge in [-0.25, -0.2) is 0 Å². The Morgan fingerprint density at radius 3 is 1.76 bits per heavy atom. The minimum Gasteiger partial charge on any atom is -0.456 e. The topological polar surface area (TPSA) is 19.1 Å². The van der Waals surface area contributed by atoms with Crippen molar-refractivity contribution in [2.24, 2.45) is 0 Å². The highest BCUT2D eigenvalue weighted by molar-refractivity contribution is 6.26. The second-order valence-corrected chi connectivity index (χ2v) is 14.5. The molecule has 3 nitrogen and oxygen atoms in total. The van der Waals surface area contributed by atoms with E-state index in [1.165, 1.54) is 76.8 Å². The maximum atomic E-state index is 6.53. The summed E-state index contributed by atoms with van der Waals surface area (Å²) in [5.74, 6) is 1.80. The van der Waals surface area contributed by atoms with Gasteiger partial charge in [-0.3, -0.25) is 0 Å². The van der Waals surface area contributed by atoms with Gasteiger partial charge in [-0.05, 0) is 99.9 Å². The summed E-state index contributed by atoms with van der Waals surface area (Å²) in [6, 6.07) is 70.2. The van der Waals surface area contributed by atoms with Crippen LogP contribution in [0.5, 0.6) is 11.5 Å². The highest BCUT2D eigenvalue weighted by Crippen LogP contribution is 2.50. The molecule has 3 heteroatoms. The molecule has 1 aliphatic heterocycles. The third kappa shape index (κ3) is 4.44. The number of para-hydroxylation sites is 3. The van der Waals surface area contributed by atoms with Crippen LogP contribution in [0.1, 0.15) is 0 Å². The molecule has 0 bridgehead atoms. The maximum absolute atomic E-state index is 6.53. The first-order valence-electron chi connectivity index (χ1n) is 18.8. The molecule has 0 atom stereocenters. The minimum absolute atomic E-state index is 0.895. The number of rotatable bonds is 4. The Kier molecular flexibility index (Phi) is 6.34. The van der Waals surface area contributed by atoms with Crippen molar-refractivity contribution in [1.29, 1.82) is 0 Å². The molecule has 0 N–H and O–H groups in total. The fourth-order valence-electron chi connectivity index (χ4n) is 9.05. The van der Waals surface area contributed by atoms with Gasteiger partial charge in [-0.2, -0.15) is 0 Å². The number of hydrogen-bond donors (Lipinski definition) is 0. The predicted molar refractivity (Wildman–Crippen MR) is 229 cm³/mol. The second-order valence-electron chi connectivity index (χ2n) is 14.5. The summed E-state index contributed by atoms with van der Waals surface area (Å²) < 4.78 is 11.4. The standard InChI is InChI=1S/C52H32N2O/c1-3-12-33(13-4-1)34-22-26-38(27-23-34)53-45-19-9-7-16-39(45)40-28-24-36(31-47(40)53)35-25-29-46-44(30-35)51-42-18-11-21-50-52(42)43(41-17-8-10-20-49(41)55-50)32-48(51)54(46)37-14-5-2-6-15-37/h1-32H. The van der Waals surface area contributed by atoms with Gasteiger partial charge in [0.05, 0.1) is 22.1 Å². The van der Waals surface area contributed by atoms with E-state index in [0.29, 0.717) is 0 Å². The summed E-state index contributed by atoms with van der Waals surface area (Å²) in [5, 5.41) is 7.31. The third-order valence-electron chi connectivity index (χ3n) is 11.5. The summed E-state index contributed by atoms with van der Waals surface area (Å²) in [6.45, 7) is 0. The van der Waals surface area contributed by atoms with Crippen molar-refractivity contribution >= 4 is 54.4 Å². The summed E-state index contributed by atoms with van der Waals surface area (Å²) in [7, 11) is 0. The molecule has 0 radical (unpaired) electrons. The summed E-state index contributed by atoms with van der Waals surface area (Å²) in [5.41, 5.74) is 14.2. The number of hydrogen-bond acceptors (Lipinski definition) is 1. The Morgan fingerprint density at radius 1 is 0.291 bits per heavy atom. The van der Waals surface area contributed by atoms with Gasteiger partial charge in [-0.1, -0.05) is 127 Å². The Balaban J connectivity index is 1.10. The van der Waals surface area contributed by atoms with Gasteiger partial charge < -0.3 is 13.9 Å². The van der Waals surface area contributed by atoms with Gasteiger partial charge >= 0.3 is 0 Å². The zero-order valence-corrected chi connectivity index (χ0v) is 29.8. The van der Waals surface area contributed by atoms with Crippen LogP contribution in [0.25, 0.3) is 99.1 Å². The zero-order valence-electron chi connectivity index (χ0n) is 29.8. The molecular weight excluding hydrogens is 669 g/mol. The van der Waals surface area contributed by atoms with E-state index in [-0.39, 0.29) is 0 Å². The molecule has 0 saturated carbocycles. The fraction of sp³-hybridized carbons (Fsp3) is 0. The van der Waals surface area contributed by atoms with Crippen molar-refractivity contribution in [3.8, 4) is 56.3 Å². The number of nitrogens with zero attached hydrogens (tertiary/aromatic N) is 2. The van der Waals surface area contributed by atoms with Crippen LogP contribution in [-0.4, -0.2) is 9.13 Å². The van der Waals surface area contributed by atoms with Crippen LogP contribution in [0, 0.1) is 0 Å². The molecule has 55 heavy (non-hydrogen) atoms. The smallest absolute Gasteiger partial charge is 0.135 e. The van der Waals surface area contributed by atoms with Crippen molar-refractivity contribution in [3.63, 3.8) is 0 Å². The Labute approximate surface area is 317 Å². The molecule has 0 amide bonds. The average Bonchev–Trinajstić information content (AvgIpc) is 3.76. The molecule has 2 aromatic heterocycles. The lowest BCUT2D eigenvalue weighted by atomic mass is 9.91. The SMILES string of the molecule is c1ccc(-c2ccc(-n3c4ccccc4c4ccc(-c5ccc6c(c5)c5c7cccc8c7c(cc5n6-c5ccccc5)-c5ccccc5O8)cc43)cc2)cc1. The molecule has 0 aliphatic carbocycles. The van der Waals surface area contributed by atoms with E-state index in [4.69, 9.17) is 4.74 Å². The molecule has 0 fully saturated rings. The summed E-state index contributed by atoms with van der Waals surface area (Å²) >= 11 is 0. The molecule has 1 aliphatic rings. The Morgan fingerprint density at radius 2 is 0.891 bits per heavy atom. The van der Waals surface area contributed by atoms with Gasteiger partial charge in [0.25, 0.3) is 0 Å². The Hall–Kier alpha value is -7.36. The lowest BCUT2D eigenvalue weighted by molar-refractivity contribution is 0.487. The molecular formula is C52H32N2O. The van der Waals surface area contributed by atoms with Crippen LogP contribution in [0.4, 0.5) is 0 Å². The van der Waals surface area contributed by atoms with Crippen LogP contribution in [0.2, 0.25) is 0 Å². The zero-order chi connectivity index (χ0) is 36.0. The normalized spacial score (nSPS) is 12.1. The molecule has 256 valence electrons. The van der Waals surface area contributed by atoms with E-state index in [2.05, 4.69) is 197 Å². The second kappa shape index (κ2) is 11.6. The van der Waals surface area contributed by atoms with Crippen molar-refractivity contribution < 1.29 is 4.74 Å². The third-order valence-corrected chi connectivity index (χ3v) is 11.5. The van der Waals surface area contributed by atoms with E-state index in [9.17, 15) is 0 Å². The number of fused-ring (bicyclic) bond motifs is 9. The molecule has 0 saturated heterocycles. The Bertz CT molecular complexity index is 3320. The highest BCUT2D eigenvalue weighted by Gasteiger charge is 2.25. The van der Waals surface area contributed by atoms with Gasteiger partial charge in [-0.15, -0.1) is 0 Å². The van der Waals surface area contributed by atoms with Crippen molar-refractivity contribution in [1.82, 2.24) is 9.13 Å². The van der Waals surface area contributed by atoms with E-state index >= 15 is 0 Å². The molecule has 12 rings (SSSR count). The van der Waals surface area contributed by atoms with Crippen LogP contribution < -0.4 is 4.74 Å². The molecule has 0 spiro atoms. The van der Waals surface area contributed by atoms with Crippen LogP contribution >= 0.6 is 0 Å². The molecule has 0 unspecified atom stereocenters. The molecule has 3 heterocycles. The van der Waals surface area contributed by atoms with Gasteiger partial charge in [0.2, 0.25) is 0 Å². The predicted octanol–water partition coefficient (Wildman–Crippen LogP) is 14.1. The first kappa shape index (κ1) is 30.1. The monoisotopic (exact) mass is 700 g/mol. The van der Waals surface area contributed by atoms with Crippen LogP contribution in [0.15, 0.2) is 194 Å². The number of aromatic nitrogens is 2. The van der Waals surface area contributed by atoms with Crippen molar-refractivity contribution in [3.05, 3.63) is 194 Å². The largest absolute Gasteiger partial charge is 0.456 e. The maximum Gasteiger partial charge on any atom is 0.135 e. The van der Waals surface area contributed by atoms with E-state index in [0.717, 1.165) is 33.8 Å².